The summed E-state index contributed by atoms with van der Waals surface area (Å²) < 4.78 is 1.66. The Morgan fingerprint density at radius 2 is 2.38 bits per heavy atom. The van der Waals surface area contributed by atoms with E-state index in [1.165, 1.54) is 0 Å². The Balaban J connectivity index is 2.15. The van der Waals surface area contributed by atoms with Gasteiger partial charge in [0.05, 0.1) is 5.69 Å². The Morgan fingerprint density at radius 3 is 2.94 bits per heavy atom. The molecular formula is C11H18N4O. The van der Waals surface area contributed by atoms with Gasteiger partial charge in [-0.3, -0.25) is 9.48 Å². The Labute approximate surface area is 95.4 Å². The molecule has 0 unspecified atom stereocenters. The van der Waals surface area contributed by atoms with Crippen LogP contribution in [0, 0.1) is 6.92 Å². The average Bonchev–Trinajstić information content (AvgIpc) is 2.57. The van der Waals surface area contributed by atoms with Crippen molar-refractivity contribution in [2.24, 2.45) is 7.05 Å². The summed E-state index contributed by atoms with van der Waals surface area (Å²) in [5.74, 6) is 0.0800. The lowest BCUT2D eigenvalue weighted by molar-refractivity contribution is 0.0698. The zero-order valence-electron chi connectivity index (χ0n) is 10.0. The van der Waals surface area contributed by atoms with Crippen molar-refractivity contribution >= 4 is 5.91 Å². The lowest BCUT2D eigenvalue weighted by Gasteiger charge is -2.31. The Kier molecular flexibility index (Phi) is 2.96. The van der Waals surface area contributed by atoms with Crippen LogP contribution >= 0.6 is 0 Å². The molecule has 5 nitrogen and oxygen atoms in total. The first-order valence-electron chi connectivity index (χ1n) is 5.61. The third-order valence-corrected chi connectivity index (χ3v) is 2.88. The van der Waals surface area contributed by atoms with Crippen LogP contribution in [0.5, 0.6) is 0 Å². The van der Waals surface area contributed by atoms with E-state index in [1.807, 2.05) is 24.9 Å². The van der Waals surface area contributed by atoms with Crippen molar-refractivity contribution in [3.05, 3.63) is 17.5 Å². The van der Waals surface area contributed by atoms with Crippen molar-refractivity contribution in [3.63, 3.8) is 0 Å². The summed E-state index contributed by atoms with van der Waals surface area (Å²) in [4.78, 5) is 14.1. The van der Waals surface area contributed by atoms with E-state index >= 15 is 0 Å². The van der Waals surface area contributed by atoms with E-state index in [0.29, 0.717) is 11.7 Å². The van der Waals surface area contributed by atoms with Gasteiger partial charge in [-0.25, -0.2) is 0 Å². The van der Waals surface area contributed by atoms with Gasteiger partial charge < -0.3 is 10.2 Å². The fourth-order valence-electron chi connectivity index (χ4n) is 2.09. The van der Waals surface area contributed by atoms with Crippen LogP contribution in [0.15, 0.2) is 6.07 Å². The van der Waals surface area contributed by atoms with Crippen LogP contribution in [-0.4, -0.2) is 46.3 Å². The Morgan fingerprint density at radius 1 is 1.62 bits per heavy atom. The fourth-order valence-corrected chi connectivity index (χ4v) is 2.09. The molecule has 0 saturated carbocycles. The first-order chi connectivity index (χ1) is 7.58. The monoisotopic (exact) mass is 222 g/mol. The van der Waals surface area contributed by atoms with Gasteiger partial charge >= 0.3 is 0 Å². The van der Waals surface area contributed by atoms with Crippen LogP contribution in [0.4, 0.5) is 0 Å². The fraction of sp³-hybridized carbons (Fsp3) is 0.636. The maximum absolute atomic E-state index is 12.2. The van der Waals surface area contributed by atoms with Gasteiger partial charge in [0.25, 0.3) is 5.91 Å². The van der Waals surface area contributed by atoms with Crippen molar-refractivity contribution in [1.82, 2.24) is 20.0 Å². The molecule has 1 atom stereocenters. The molecule has 1 aromatic heterocycles. The van der Waals surface area contributed by atoms with Crippen molar-refractivity contribution < 1.29 is 4.79 Å². The Bertz CT molecular complexity index is 399. The summed E-state index contributed by atoms with van der Waals surface area (Å²) in [6.45, 7) is 6.39. The summed E-state index contributed by atoms with van der Waals surface area (Å²) >= 11 is 0. The molecule has 5 heteroatoms. The highest BCUT2D eigenvalue weighted by Gasteiger charge is 2.23. The van der Waals surface area contributed by atoms with E-state index in [1.54, 1.807) is 4.68 Å². The number of nitrogens with one attached hydrogen (secondary N) is 1. The van der Waals surface area contributed by atoms with Gasteiger partial charge in [0.1, 0.15) is 5.69 Å². The minimum absolute atomic E-state index is 0.0800. The molecule has 0 aliphatic carbocycles. The van der Waals surface area contributed by atoms with E-state index < -0.39 is 0 Å². The van der Waals surface area contributed by atoms with Crippen LogP contribution in [0.1, 0.15) is 23.1 Å². The molecule has 2 heterocycles. The molecule has 0 spiro atoms. The van der Waals surface area contributed by atoms with E-state index in [2.05, 4.69) is 17.3 Å². The zero-order chi connectivity index (χ0) is 11.7. The standard InChI is InChI=1S/C11H18N4O/c1-8-6-10(14(3)13-8)11(16)15-5-4-12-9(2)7-15/h6,9,12H,4-5,7H2,1-3H3/t9-/m1/s1. The molecule has 1 aliphatic rings. The van der Waals surface area contributed by atoms with Gasteiger partial charge in [-0.1, -0.05) is 0 Å². The van der Waals surface area contributed by atoms with E-state index in [0.717, 1.165) is 25.3 Å². The number of piperazine rings is 1. The van der Waals surface area contributed by atoms with Crippen LogP contribution in [0.3, 0.4) is 0 Å². The predicted octanol–water partition coefficient (Wildman–Crippen LogP) is 0.162. The largest absolute Gasteiger partial charge is 0.334 e. The quantitative estimate of drug-likeness (QED) is 0.736. The van der Waals surface area contributed by atoms with E-state index in [4.69, 9.17) is 0 Å². The minimum Gasteiger partial charge on any atom is -0.334 e. The molecule has 1 aliphatic heterocycles. The highest BCUT2D eigenvalue weighted by Crippen LogP contribution is 2.08. The molecule has 1 aromatic rings. The summed E-state index contributed by atoms with van der Waals surface area (Å²) in [6, 6.07) is 2.21. The molecule has 0 aromatic carbocycles. The number of aromatic nitrogens is 2. The predicted molar refractivity (Wildman–Crippen MR) is 61.3 cm³/mol. The third kappa shape index (κ3) is 2.09. The van der Waals surface area contributed by atoms with E-state index in [-0.39, 0.29) is 5.91 Å². The van der Waals surface area contributed by atoms with Crippen molar-refractivity contribution in [2.45, 2.75) is 19.9 Å². The normalized spacial score (nSPS) is 21.2. The highest BCUT2D eigenvalue weighted by molar-refractivity contribution is 5.92. The van der Waals surface area contributed by atoms with Crippen molar-refractivity contribution in [2.75, 3.05) is 19.6 Å². The lowest BCUT2D eigenvalue weighted by atomic mass is 10.2. The minimum atomic E-state index is 0.0800. The van der Waals surface area contributed by atoms with Gasteiger partial charge in [0, 0.05) is 32.7 Å². The summed E-state index contributed by atoms with van der Waals surface area (Å²) in [5.41, 5.74) is 1.56. The van der Waals surface area contributed by atoms with Gasteiger partial charge in [-0.2, -0.15) is 5.10 Å². The van der Waals surface area contributed by atoms with Crippen molar-refractivity contribution in [1.29, 1.82) is 0 Å². The summed E-state index contributed by atoms with van der Waals surface area (Å²) in [5, 5.41) is 7.52. The van der Waals surface area contributed by atoms with Gasteiger partial charge in [0.15, 0.2) is 0 Å². The topological polar surface area (TPSA) is 50.2 Å². The second-order valence-electron chi connectivity index (χ2n) is 4.40. The SMILES string of the molecule is Cc1cc(C(=O)N2CCN[C@H](C)C2)n(C)n1. The van der Waals surface area contributed by atoms with Gasteiger partial charge in [-0.15, -0.1) is 0 Å². The number of nitrogens with zero attached hydrogens (tertiary/aromatic N) is 3. The second-order valence-corrected chi connectivity index (χ2v) is 4.40. The molecule has 1 saturated heterocycles. The van der Waals surface area contributed by atoms with Gasteiger partial charge in [-0.05, 0) is 19.9 Å². The molecule has 88 valence electrons. The number of carbonyl (C=O) groups is 1. The third-order valence-electron chi connectivity index (χ3n) is 2.88. The average molecular weight is 222 g/mol. The van der Waals surface area contributed by atoms with Crippen LogP contribution in [0.2, 0.25) is 0 Å². The van der Waals surface area contributed by atoms with Gasteiger partial charge in [0.2, 0.25) is 0 Å². The number of rotatable bonds is 1. The zero-order valence-corrected chi connectivity index (χ0v) is 10.0. The van der Waals surface area contributed by atoms with Crippen LogP contribution in [0.25, 0.3) is 0 Å². The maximum Gasteiger partial charge on any atom is 0.272 e. The molecule has 0 radical (unpaired) electrons. The molecule has 16 heavy (non-hydrogen) atoms. The van der Waals surface area contributed by atoms with Crippen LogP contribution < -0.4 is 5.32 Å². The number of hydrogen-bond acceptors (Lipinski definition) is 3. The maximum atomic E-state index is 12.2. The molecule has 0 bridgehead atoms. The first kappa shape index (κ1) is 11.1. The van der Waals surface area contributed by atoms with Crippen molar-refractivity contribution in [3.8, 4) is 0 Å². The smallest absolute Gasteiger partial charge is 0.272 e. The number of carbonyl (C=O) groups excluding carboxylic acids is 1. The second kappa shape index (κ2) is 4.25. The van der Waals surface area contributed by atoms with E-state index in [9.17, 15) is 4.79 Å². The molecular weight excluding hydrogens is 204 g/mol. The highest BCUT2D eigenvalue weighted by atomic mass is 16.2. The number of amides is 1. The first-order valence-corrected chi connectivity index (χ1v) is 5.61. The molecule has 1 fully saturated rings. The van der Waals surface area contributed by atoms with Crippen LogP contribution in [-0.2, 0) is 7.05 Å². The summed E-state index contributed by atoms with van der Waals surface area (Å²) in [6.07, 6.45) is 0. The lowest BCUT2D eigenvalue weighted by Crippen LogP contribution is -2.51. The molecule has 1 amide bonds. The number of aryl methyl sites for hydroxylation is 2. The Hall–Kier alpha value is -1.36. The molecule has 1 N–H and O–H groups in total. The number of hydrogen-bond donors (Lipinski definition) is 1. The summed E-state index contributed by atoms with van der Waals surface area (Å²) in [7, 11) is 1.81. The molecule has 2 rings (SSSR count).